The van der Waals surface area contributed by atoms with Crippen molar-refractivity contribution < 1.29 is 4.79 Å². The quantitative estimate of drug-likeness (QED) is 0.610. The van der Waals surface area contributed by atoms with Crippen molar-refractivity contribution in [1.29, 1.82) is 0 Å². The zero-order chi connectivity index (χ0) is 21.0. The van der Waals surface area contributed by atoms with Gasteiger partial charge in [0.25, 0.3) is 0 Å². The zero-order valence-electron chi connectivity index (χ0n) is 18.7. The number of amides is 1. The van der Waals surface area contributed by atoms with E-state index in [1.807, 2.05) is 6.07 Å². The Hall–Kier alpha value is -1.89. The molecule has 1 amide bonds. The highest BCUT2D eigenvalue weighted by Crippen LogP contribution is 2.25. The molecule has 2 N–H and O–H groups in total. The van der Waals surface area contributed by atoms with Crippen LogP contribution in [-0.2, 0) is 4.79 Å². The Kier molecular flexibility index (Phi) is 9.67. The van der Waals surface area contributed by atoms with Crippen LogP contribution in [0, 0.1) is 5.92 Å². The van der Waals surface area contributed by atoms with Crippen LogP contribution in [-0.4, -0.2) is 66.6 Å². The van der Waals surface area contributed by atoms with Gasteiger partial charge >= 0.3 is 0 Å². The molecule has 7 nitrogen and oxygen atoms in total. The van der Waals surface area contributed by atoms with Crippen LogP contribution in [0.2, 0.25) is 0 Å². The molecule has 0 atom stereocenters. The Bertz CT molecular complexity index is 624. The van der Waals surface area contributed by atoms with Crippen LogP contribution in [0.1, 0.15) is 64.7 Å². The number of hydrogen-bond donors (Lipinski definition) is 2. The smallest absolute Gasteiger partial charge is 0.220 e. The maximum atomic E-state index is 12.2. The maximum absolute atomic E-state index is 12.2. The first-order valence-electron chi connectivity index (χ1n) is 12.0. The number of anilines is 2. The molecule has 3 heterocycles. The Morgan fingerprint density at radius 1 is 1.07 bits per heavy atom. The van der Waals surface area contributed by atoms with Crippen LogP contribution in [0.4, 0.5) is 11.6 Å². The van der Waals surface area contributed by atoms with E-state index >= 15 is 0 Å². The first kappa shape index (κ1) is 22.8. The van der Waals surface area contributed by atoms with Gasteiger partial charge in [0.05, 0.1) is 0 Å². The summed E-state index contributed by atoms with van der Waals surface area (Å²) in [7, 11) is 0. The van der Waals surface area contributed by atoms with Gasteiger partial charge in [-0.1, -0.05) is 19.8 Å². The Morgan fingerprint density at radius 2 is 1.83 bits per heavy atom. The van der Waals surface area contributed by atoms with Gasteiger partial charge in [0, 0.05) is 45.2 Å². The van der Waals surface area contributed by atoms with Crippen molar-refractivity contribution in [2.45, 2.75) is 64.7 Å². The van der Waals surface area contributed by atoms with Crippen molar-refractivity contribution in [2.24, 2.45) is 5.92 Å². The first-order chi connectivity index (χ1) is 14.7. The zero-order valence-corrected chi connectivity index (χ0v) is 18.7. The minimum absolute atomic E-state index is 0.217. The van der Waals surface area contributed by atoms with E-state index in [2.05, 4.69) is 37.3 Å². The number of carbonyl (C=O) groups is 1. The van der Waals surface area contributed by atoms with Gasteiger partial charge < -0.3 is 20.4 Å². The topological polar surface area (TPSA) is 73.4 Å². The van der Waals surface area contributed by atoms with E-state index in [9.17, 15) is 4.79 Å². The fraction of sp³-hybridized carbons (Fsp3) is 0.783. The average Bonchev–Trinajstić information content (AvgIpc) is 3.06. The lowest BCUT2D eigenvalue weighted by molar-refractivity contribution is -0.121. The Balaban J connectivity index is 1.30. The molecule has 2 aliphatic heterocycles. The highest BCUT2D eigenvalue weighted by atomic mass is 16.1. The second kappa shape index (κ2) is 12.7. The van der Waals surface area contributed by atoms with Gasteiger partial charge in [-0.3, -0.25) is 4.79 Å². The molecule has 168 valence electrons. The molecule has 1 aromatic heterocycles. The lowest BCUT2D eigenvalue weighted by Gasteiger charge is -2.32. The van der Waals surface area contributed by atoms with Crippen molar-refractivity contribution in [2.75, 3.05) is 56.0 Å². The summed E-state index contributed by atoms with van der Waals surface area (Å²) in [6.45, 7) is 9.26. The van der Waals surface area contributed by atoms with E-state index < -0.39 is 0 Å². The van der Waals surface area contributed by atoms with Gasteiger partial charge in [0.15, 0.2) is 0 Å². The van der Waals surface area contributed by atoms with Gasteiger partial charge in [-0.2, -0.15) is 0 Å². The SMILES string of the molecule is CCCNc1cc(N2CCC(CCC(=O)NCCN3CCCCCC3)CC2)ncn1. The van der Waals surface area contributed by atoms with E-state index in [-0.39, 0.29) is 5.91 Å². The molecule has 0 spiro atoms. The van der Waals surface area contributed by atoms with Gasteiger partial charge in [-0.15, -0.1) is 0 Å². The third-order valence-corrected chi connectivity index (χ3v) is 6.38. The summed E-state index contributed by atoms with van der Waals surface area (Å²) in [5, 5.41) is 6.46. The normalized spacial score (nSPS) is 18.8. The number of piperidine rings is 1. The fourth-order valence-electron chi connectivity index (χ4n) is 4.46. The third-order valence-electron chi connectivity index (χ3n) is 6.38. The van der Waals surface area contributed by atoms with Crippen LogP contribution in [0.5, 0.6) is 0 Å². The summed E-state index contributed by atoms with van der Waals surface area (Å²) in [6, 6.07) is 2.05. The summed E-state index contributed by atoms with van der Waals surface area (Å²) in [5.41, 5.74) is 0. The molecule has 0 aromatic carbocycles. The number of rotatable bonds is 10. The van der Waals surface area contributed by atoms with Crippen LogP contribution in [0.25, 0.3) is 0 Å². The van der Waals surface area contributed by atoms with Gasteiger partial charge in [-0.25, -0.2) is 9.97 Å². The van der Waals surface area contributed by atoms with Gasteiger partial charge in [0.2, 0.25) is 5.91 Å². The molecule has 0 aliphatic carbocycles. The Labute approximate surface area is 182 Å². The molecule has 0 unspecified atom stereocenters. The average molecular weight is 417 g/mol. The van der Waals surface area contributed by atoms with E-state index in [4.69, 9.17) is 0 Å². The molecule has 3 rings (SSSR count). The summed E-state index contributed by atoms with van der Waals surface area (Å²) >= 11 is 0. The molecule has 2 saturated heterocycles. The largest absolute Gasteiger partial charge is 0.370 e. The van der Waals surface area contributed by atoms with Crippen molar-refractivity contribution in [3.8, 4) is 0 Å². The van der Waals surface area contributed by atoms with Crippen LogP contribution in [0.3, 0.4) is 0 Å². The minimum atomic E-state index is 0.217. The molecular formula is C23H40N6O. The number of nitrogens with zero attached hydrogens (tertiary/aromatic N) is 4. The molecule has 2 aliphatic rings. The van der Waals surface area contributed by atoms with Gasteiger partial charge in [-0.05, 0) is 57.5 Å². The standard InChI is InChI=1S/C23H40N6O/c1-2-11-24-21-18-22(27-19-26-21)29-15-9-20(10-16-29)7-8-23(30)25-12-17-28-13-5-3-4-6-14-28/h18-20H,2-17H2,1H3,(H,25,30)(H,24,26,27). The van der Waals surface area contributed by atoms with E-state index in [0.29, 0.717) is 12.3 Å². The molecular weight excluding hydrogens is 376 g/mol. The number of hydrogen-bond acceptors (Lipinski definition) is 6. The lowest BCUT2D eigenvalue weighted by Crippen LogP contribution is -2.36. The molecule has 1 aromatic rings. The highest BCUT2D eigenvalue weighted by molar-refractivity contribution is 5.75. The minimum Gasteiger partial charge on any atom is -0.370 e. The number of carbonyl (C=O) groups excluding carboxylic acids is 1. The Morgan fingerprint density at radius 3 is 2.57 bits per heavy atom. The second-order valence-electron chi connectivity index (χ2n) is 8.76. The number of likely N-dealkylation sites (tertiary alicyclic amines) is 1. The van der Waals surface area contributed by atoms with Crippen LogP contribution >= 0.6 is 0 Å². The molecule has 2 fully saturated rings. The fourth-order valence-corrected chi connectivity index (χ4v) is 4.46. The predicted molar refractivity (Wildman–Crippen MR) is 123 cm³/mol. The van der Waals surface area contributed by atoms with E-state index in [1.54, 1.807) is 6.33 Å². The summed E-state index contributed by atoms with van der Waals surface area (Å²) in [6.07, 6.45) is 12.0. The van der Waals surface area contributed by atoms with Crippen LogP contribution in [0.15, 0.2) is 12.4 Å². The van der Waals surface area contributed by atoms with Crippen molar-refractivity contribution in [1.82, 2.24) is 20.2 Å². The van der Waals surface area contributed by atoms with Crippen molar-refractivity contribution in [3.05, 3.63) is 12.4 Å². The molecule has 30 heavy (non-hydrogen) atoms. The monoisotopic (exact) mass is 416 g/mol. The first-order valence-corrected chi connectivity index (χ1v) is 12.0. The predicted octanol–water partition coefficient (Wildman–Crippen LogP) is 3.29. The number of aromatic nitrogens is 2. The molecule has 0 bridgehead atoms. The van der Waals surface area contributed by atoms with E-state index in [1.165, 1.54) is 38.8 Å². The highest BCUT2D eigenvalue weighted by Gasteiger charge is 2.21. The number of nitrogens with one attached hydrogen (secondary N) is 2. The van der Waals surface area contributed by atoms with Crippen LogP contribution < -0.4 is 15.5 Å². The summed E-state index contributed by atoms with van der Waals surface area (Å²) < 4.78 is 0. The third kappa shape index (κ3) is 7.74. The lowest BCUT2D eigenvalue weighted by atomic mass is 9.92. The maximum Gasteiger partial charge on any atom is 0.220 e. The van der Waals surface area contributed by atoms with Crippen molar-refractivity contribution in [3.63, 3.8) is 0 Å². The second-order valence-corrected chi connectivity index (χ2v) is 8.76. The molecule has 7 heteroatoms. The summed E-state index contributed by atoms with van der Waals surface area (Å²) in [4.78, 5) is 25.8. The molecule has 0 saturated carbocycles. The van der Waals surface area contributed by atoms with Crippen molar-refractivity contribution >= 4 is 17.5 Å². The van der Waals surface area contributed by atoms with Gasteiger partial charge in [0.1, 0.15) is 18.0 Å². The molecule has 0 radical (unpaired) electrons. The summed E-state index contributed by atoms with van der Waals surface area (Å²) in [5.74, 6) is 2.76. The van der Waals surface area contributed by atoms with E-state index in [0.717, 1.165) is 70.0 Å².